The maximum Gasteiger partial charge on any atom is 0.205 e. The van der Waals surface area contributed by atoms with Crippen LogP contribution in [0.2, 0.25) is 0 Å². The highest BCUT2D eigenvalue weighted by molar-refractivity contribution is 6.15. The standard InChI is InChI=1S/C25H29NO6/c1-5-26(6-2)14-16-31-18-10-7-17(8-11-18)9-12-20(27)21-22(28)25(30-4)24-19(13-15-32-24)23(21)29-3/h7-13,15,28H,5-6,14,16H2,1-4H3. The number of likely N-dealkylation sites (N-methyl/N-ethyl adjacent to an activating group) is 1. The molecule has 1 N–H and O–H groups in total. The van der Waals surface area contributed by atoms with Crippen molar-refractivity contribution >= 4 is 22.8 Å². The summed E-state index contributed by atoms with van der Waals surface area (Å²) in [6.07, 6.45) is 4.51. The first-order valence-corrected chi connectivity index (χ1v) is 10.6. The van der Waals surface area contributed by atoms with E-state index in [1.54, 1.807) is 12.1 Å². The number of benzene rings is 2. The molecule has 0 aliphatic rings. The summed E-state index contributed by atoms with van der Waals surface area (Å²) in [7, 11) is 2.84. The van der Waals surface area contributed by atoms with Crippen molar-refractivity contribution in [2.24, 2.45) is 0 Å². The molecule has 0 radical (unpaired) electrons. The Morgan fingerprint density at radius 3 is 2.38 bits per heavy atom. The molecule has 32 heavy (non-hydrogen) atoms. The molecule has 170 valence electrons. The number of nitrogens with zero attached hydrogens (tertiary/aromatic N) is 1. The van der Waals surface area contributed by atoms with Crippen molar-refractivity contribution in [3.05, 3.63) is 53.8 Å². The second-order valence-electron chi connectivity index (χ2n) is 7.10. The average Bonchev–Trinajstić information content (AvgIpc) is 3.29. The van der Waals surface area contributed by atoms with Gasteiger partial charge < -0.3 is 28.6 Å². The number of hydrogen-bond acceptors (Lipinski definition) is 7. The number of allylic oxidation sites excluding steroid dienone is 1. The highest BCUT2D eigenvalue weighted by atomic mass is 16.5. The fourth-order valence-corrected chi connectivity index (χ4v) is 3.52. The van der Waals surface area contributed by atoms with E-state index in [9.17, 15) is 9.90 Å². The summed E-state index contributed by atoms with van der Waals surface area (Å²) in [5, 5.41) is 11.2. The molecule has 1 heterocycles. The number of methoxy groups -OCH3 is 2. The van der Waals surface area contributed by atoms with Crippen LogP contribution in [0, 0.1) is 0 Å². The predicted molar refractivity (Wildman–Crippen MR) is 124 cm³/mol. The number of furan rings is 1. The summed E-state index contributed by atoms with van der Waals surface area (Å²) >= 11 is 0. The number of rotatable bonds is 11. The van der Waals surface area contributed by atoms with Crippen LogP contribution in [0.15, 0.2) is 47.1 Å². The molecule has 0 saturated heterocycles. The molecule has 1 aromatic heterocycles. The van der Waals surface area contributed by atoms with E-state index in [1.807, 2.05) is 24.3 Å². The summed E-state index contributed by atoms with van der Waals surface area (Å²) in [4.78, 5) is 15.2. The van der Waals surface area contributed by atoms with E-state index in [0.717, 1.165) is 30.9 Å². The normalized spacial score (nSPS) is 11.4. The highest BCUT2D eigenvalue weighted by Crippen LogP contribution is 2.45. The van der Waals surface area contributed by atoms with Crippen LogP contribution < -0.4 is 14.2 Å². The Balaban J connectivity index is 1.75. The number of hydrogen-bond donors (Lipinski definition) is 1. The molecule has 0 spiro atoms. The maximum absolute atomic E-state index is 12.9. The van der Waals surface area contributed by atoms with Gasteiger partial charge >= 0.3 is 0 Å². The highest BCUT2D eigenvalue weighted by Gasteiger charge is 2.26. The van der Waals surface area contributed by atoms with E-state index in [2.05, 4.69) is 18.7 Å². The minimum atomic E-state index is -0.416. The first-order chi connectivity index (χ1) is 15.5. The van der Waals surface area contributed by atoms with Crippen molar-refractivity contribution in [3.63, 3.8) is 0 Å². The van der Waals surface area contributed by atoms with E-state index in [0.29, 0.717) is 17.6 Å². The Bertz CT molecular complexity index is 1080. The van der Waals surface area contributed by atoms with Crippen molar-refractivity contribution in [1.82, 2.24) is 4.90 Å². The van der Waals surface area contributed by atoms with Gasteiger partial charge in [0.1, 0.15) is 23.7 Å². The van der Waals surface area contributed by atoms with Crippen molar-refractivity contribution in [2.45, 2.75) is 13.8 Å². The minimum Gasteiger partial charge on any atom is -0.504 e. The van der Waals surface area contributed by atoms with Crippen LogP contribution in [0.3, 0.4) is 0 Å². The van der Waals surface area contributed by atoms with E-state index < -0.39 is 5.78 Å². The third-order valence-corrected chi connectivity index (χ3v) is 5.33. The predicted octanol–water partition coefficient (Wildman–Crippen LogP) is 4.77. The molecular weight excluding hydrogens is 410 g/mol. The molecule has 0 unspecified atom stereocenters. The lowest BCUT2D eigenvalue weighted by atomic mass is 10.0. The molecule has 3 rings (SSSR count). The second-order valence-corrected chi connectivity index (χ2v) is 7.10. The van der Waals surface area contributed by atoms with E-state index in [1.165, 1.54) is 26.6 Å². The lowest BCUT2D eigenvalue weighted by Crippen LogP contribution is -2.27. The topological polar surface area (TPSA) is 81.4 Å². The number of fused-ring (bicyclic) bond motifs is 1. The Morgan fingerprint density at radius 2 is 1.75 bits per heavy atom. The molecule has 0 aliphatic carbocycles. The number of ether oxygens (including phenoxy) is 3. The maximum atomic E-state index is 12.9. The molecule has 7 heteroatoms. The lowest BCUT2D eigenvalue weighted by molar-refractivity contribution is 0.104. The molecular formula is C25H29NO6. The zero-order valence-corrected chi connectivity index (χ0v) is 18.9. The van der Waals surface area contributed by atoms with E-state index >= 15 is 0 Å². The summed E-state index contributed by atoms with van der Waals surface area (Å²) < 4.78 is 21.8. The van der Waals surface area contributed by atoms with Crippen LogP contribution >= 0.6 is 0 Å². The van der Waals surface area contributed by atoms with Crippen LogP contribution in [0.25, 0.3) is 17.0 Å². The summed E-state index contributed by atoms with van der Waals surface area (Å²) in [6.45, 7) is 7.75. The molecule has 0 saturated carbocycles. The van der Waals surface area contributed by atoms with Gasteiger partial charge in [-0.15, -0.1) is 0 Å². The molecule has 0 aliphatic heterocycles. The quantitative estimate of drug-likeness (QED) is 0.340. The number of carbonyl (C=O) groups excluding carboxylic acids is 1. The van der Waals surface area contributed by atoms with Gasteiger partial charge in [0.05, 0.1) is 25.9 Å². The second kappa shape index (κ2) is 10.7. The summed E-state index contributed by atoms with van der Waals surface area (Å²) in [6, 6.07) is 9.13. The third kappa shape index (κ3) is 4.89. The lowest BCUT2D eigenvalue weighted by Gasteiger charge is -2.17. The van der Waals surface area contributed by atoms with Gasteiger partial charge in [-0.25, -0.2) is 0 Å². The van der Waals surface area contributed by atoms with Gasteiger partial charge in [-0.1, -0.05) is 32.1 Å². The first-order valence-electron chi connectivity index (χ1n) is 10.6. The van der Waals surface area contributed by atoms with Gasteiger partial charge in [-0.2, -0.15) is 0 Å². The van der Waals surface area contributed by atoms with E-state index in [-0.39, 0.29) is 22.8 Å². The third-order valence-electron chi connectivity index (χ3n) is 5.33. The van der Waals surface area contributed by atoms with Crippen LogP contribution in [0.4, 0.5) is 0 Å². The molecule has 2 aromatic carbocycles. The van der Waals surface area contributed by atoms with Crippen LogP contribution in [-0.4, -0.2) is 56.3 Å². The molecule has 0 atom stereocenters. The number of carbonyl (C=O) groups is 1. The van der Waals surface area contributed by atoms with Gasteiger partial charge in [-0.05, 0) is 42.9 Å². The zero-order chi connectivity index (χ0) is 23.1. The molecule has 7 nitrogen and oxygen atoms in total. The van der Waals surface area contributed by atoms with Gasteiger partial charge in [0.25, 0.3) is 0 Å². The Labute approximate surface area is 187 Å². The molecule has 0 bridgehead atoms. The minimum absolute atomic E-state index is 0.0193. The van der Waals surface area contributed by atoms with Gasteiger partial charge in [0.15, 0.2) is 17.1 Å². The largest absolute Gasteiger partial charge is 0.504 e. The van der Waals surface area contributed by atoms with Crippen molar-refractivity contribution in [2.75, 3.05) is 40.5 Å². The monoisotopic (exact) mass is 439 g/mol. The fraction of sp³-hybridized carbons (Fsp3) is 0.320. The first kappa shape index (κ1) is 23.2. The summed E-state index contributed by atoms with van der Waals surface area (Å²) in [5.41, 5.74) is 1.16. The van der Waals surface area contributed by atoms with Gasteiger partial charge in [-0.3, -0.25) is 4.79 Å². The van der Waals surface area contributed by atoms with Gasteiger partial charge in [0.2, 0.25) is 5.75 Å². The number of phenolic OH excluding ortho intramolecular Hbond substituents is 1. The number of aromatic hydroxyl groups is 1. The SMILES string of the molecule is CCN(CC)CCOc1ccc(C=CC(=O)c2c(O)c(OC)c3occc3c2OC)cc1. The van der Waals surface area contributed by atoms with Crippen molar-refractivity contribution < 1.29 is 28.5 Å². The molecule has 0 amide bonds. The van der Waals surface area contributed by atoms with Crippen LogP contribution in [0.5, 0.6) is 23.0 Å². The zero-order valence-electron chi connectivity index (χ0n) is 18.9. The van der Waals surface area contributed by atoms with Gasteiger partial charge in [0, 0.05) is 6.54 Å². The van der Waals surface area contributed by atoms with Crippen LogP contribution in [-0.2, 0) is 0 Å². The molecule has 3 aromatic rings. The van der Waals surface area contributed by atoms with Crippen LogP contribution in [0.1, 0.15) is 29.8 Å². The Hall–Kier alpha value is -3.45. The number of ketones is 1. The van der Waals surface area contributed by atoms with E-state index in [4.69, 9.17) is 18.6 Å². The smallest absolute Gasteiger partial charge is 0.205 e. The fourth-order valence-electron chi connectivity index (χ4n) is 3.52. The molecule has 0 fully saturated rings. The number of phenols is 1. The Kier molecular flexibility index (Phi) is 7.78. The van der Waals surface area contributed by atoms with Crippen molar-refractivity contribution in [3.8, 4) is 23.0 Å². The Morgan fingerprint density at radius 1 is 1.06 bits per heavy atom. The average molecular weight is 440 g/mol. The van der Waals surface area contributed by atoms with Crippen molar-refractivity contribution in [1.29, 1.82) is 0 Å². The summed E-state index contributed by atoms with van der Waals surface area (Å²) in [5.74, 6) is 0.362.